The second-order valence-corrected chi connectivity index (χ2v) is 6.08. The van der Waals surface area contributed by atoms with Crippen molar-refractivity contribution in [2.45, 2.75) is 39.2 Å². The maximum atomic E-state index is 6.23. The number of halogens is 1. The van der Waals surface area contributed by atoms with Gasteiger partial charge >= 0.3 is 0 Å². The molecular weight excluding hydrogens is 258 g/mol. The van der Waals surface area contributed by atoms with E-state index in [1.54, 1.807) is 7.11 Å². The Balaban J connectivity index is 1.82. The second-order valence-electron chi connectivity index (χ2n) is 5.68. The minimum absolute atomic E-state index is 0.782. The van der Waals surface area contributed by atoms with Gasteiger partial charge in [-0.15, -0.1) is 0 Å². The van der Waals surface area contributed by atoms with Crippen molar-refractivity contribution in [2.24, 2.45) is 11.8 Å². The van der Waals surface area contributed by atoms with Gasteiger partial charge in [0.05, 0.1) is 7.11 Å². The van der Waals surface area contributed by atoms with Crippen molar-refractivity contribution >= 4 is 11.6 Å². The fourth-order valence-electron chi connectivity index (χ4n) is 2.84. The Morgan fingerprint density at radius 3 is 2.68 bits per heavy atom. The van der Waals surface area contributed by atoms with E-state index in [1.165, 1.54) is 25.7 Å². The van der Waals surface area contributed by atoms with Crippen LogP contribution >= 0.6 is 11.6 Å². The number of ether oxygens (including phenoxy) is 1. The van der Waals surface area contributed by atoms with Crippen molar-refractivity contribution in [1.29, 1.82) is 0 Å². The lowest BCUT2D eigenvalue weighted by atomic mass is 9.83. The Kier molecular flexibility index (Phi) is 5.53. The summed E-state index contributed by atoms with van der Waals surface area (Å²) in [4.78, 5) is 0. The molecule has 0 unspecified atom stereocenters. The zero-order chi connectivity index (χ0) is 13.7. The molecule has 106 valence electrons. The third kappa shape index (κ3) is 4.12. The standard InChI is InChI=1S/C16H24ClNO/c1-12-6-8-13(9-7-12)10-18-11-14-15(17)4-3-5-16(14)19-2/h3-5,12-13,18H,6-11H2,1-2H3. The number of hydrogen-bond acceptors (Lipinski definition) is 2. The van der Waals surface area contributed by atoms with Crippen LogP contribution in [0.1, 0.15) is 38.2 Å². The molecule has 2 rings (SSSR count). The van der Waals surface area contributed by atoms with Gasteiger partial charge in [-0.25, -0.2) is 0 Å². The first-order valence-electron chi connectivity index (χ1n) is 7.22. The molecule has 0 amide bonds. The first-order valence-corrected chi connectivity index (χ1v) is 7.60. The van der Waals surface area contributed by atoms with Crippen LogP contribution in [-0.2, 0) is 6.54 Å². The molecule has 1 aromatic carbocycles. The van der Waals surface area contributed by atoms with Gasteiger partial charge in [-0.3, -0.25) is 0 Å². The van der Waals surface area contributed by atoms with Crippen LogP contribution in [0.2, 0.25) is 5.02 Å². The van der Waals surface area contributed by atoms with Crippen LogP contribution < -0.4 is 10.1 Å². The van der Waals surface area contributed by atoms with Crippen LogP contribution in [-0.4, -0.2) is 13.7 Å². The molecule has 0 heterocycles. The third-order valence-corrected chi connectivity index (χ3v) is 4.52. The van der Waals surface area contributed by atoms with Crippen LogP contribution in [0.3, 0.4) is 0 Å². The zero-order valence-electron chi connectivity index (χ0n) is 11.9. The number of rotatable bonds is 5. The molecule has 1 saturated carbocycles. The summed E-state index contributed by atoms with van der Waals surface area (Å²) in [6.45, 7) is 4.23. The molecule has 1 aromatic rings. The fraction of sp³-hybridized carbons (Fsp3) is 0.625. The van der Waals surface area contributed by atoms with Gasteiger partial charge in [-0.1, -0.05) is 37.4 Å². The normalized spacial score (nSPS) is 23.3. The number of methoxy groups -OCH3 is 1. The van der Waals surface area contributed by atoms with Crippen molar-refractivity contribution in [2.75, 3.05) is 13.7 Å². The monoisotopic (exact) mass is 281 g/mol. The maximum absolute atomic E-state index is 6.23. The average Bonchev–Trinajstić information content (AvgIpc) is 2.42. The Morgan fingerprint density at radius 1 is 1.26 bits per heavy atom. The summed E-state index contributed by atoms with van der Waals surface area (Å²) in [6, 6.07) is 5.81. The molecular formula is C16H24ClNO. The van der Waals surface area contributed by atoms with Crippen molar-refractivity contribution < 1.29 is 4.74 Å². The van der Waals surface area contributed by atoms with Gasteiger partial charge in [0.15, 0.2) is 0 Å². The zero-order valence-corrected chi connectivity index (χ0v) is 12.7. The van der Waals surface area contributed by atoms with Crippen molar-refractivity contribution in [3.63, 3.8) is 0 Å². The highest BCUT2D eigenvalue weighted by Gasteiger charge is 2.18. The van der Waals surface area contributed by atoms with E-state index in [-0.39, 0.29) is 0 Å². The topological polar surface area (TPSA) is 21.3 Å². The van der Waals surface area contributed by atoms with Crippen molar-refractivity contribution in [1.82, 2.24) is 5.32 Å². The molecule has 0 bridgehead atoms. The van der Waals surface area contributed by atoms with E-state index in [4.69, 9.17) is 16.3 Å². The highest BCUT2D eigenvalue weighted by atomic mass is 35.5. The Bertz CT molecular complexity index is 400. The van der Waals surface area contributed by atoms with Crippen molar-refractivity contribution in [3.05, 3.63) is 28.8 Å². The molecule has 0 radical (unpaired) electrons. The van der Waals surface area contributed by atoms with Crippen LogP contribution in [0.4, 0.5) is 0 Å². The van der Waals surface area contributed by atoms with Crippen molar-refractivity contribution in [3.8, 4) is 5.75 Å². The summed E-state index contributed by atoms with van der Waals surface area (Å²) in [5.41, 5.74) is 1.07. The summed E-state index contributed by atoms with van der Waals surface area (Å²) < 4.78 is 5.36. The lowest BCUT2D eigenvalue weighted by molar-refractivity contribution is 0.281. The van der Waals surface area contributed by atoms with Crippen LogP contribution in [0.5, 0.6) is 5.75 Å². The summed E-state index contributed by atoms with van der Waals surface area (Å²) in [5.74, 6) is 2.61. The Morgan fingerprint density at radius 2 is 2.00 bits per heavy atom. The highest BCUT2D eigenvalue weighted by molar-refractivity contribution is 6.31. The lowest BCUT2D eigenvalue weighted by Gasteiger charge is -2.26. The highest BCUT2D eigenvalue weighted by Crippen LogP contribution is 2.29. The SMILES string of the molecule is COc1cccc(Cl)c1CNCC1CCC(C)CC1. The number of benzene rings is 1. The van der Waals surface area contributed by atoms with E-state index in [2.05, 4.69) is 12.2 Å². The smallest absolute Gasteiger partial charge is 0.124 e. The largest absolute Gasteiger partial charge is 0.496 e. The number of nitrogens with one attached hydrogen (secondary N) is 1. The van der Waals surface area contributed by atoms with E-state index in [1.807, 2.05) is 18.2 Å². The molecule has 1 aliphatic carbocycles. The second kappa shape index (κ2) is 7.16. The molecule has 3 heteroatoms. The maximum Gasteiger partial charge on any atom is 0.124 e. The Labute approximate surface area is 121 Å². The van der Waals surface area contributed by atoms with Gasteiger partial charge in [0.1, 0.15) is 5.75 Å². The minimum atomic E-state index is 0.782. The fourth-order valence-corrected chi connectivity index (χ4v) is 3.07. The van der Waals surface area contributed by atoms with Gasteiger partial charge in [0, 0.05) is 17.1 Å². The molecule has 0 aliphatic heterocycles. The quantitative estimate of drug-likeness (QED) is 0.870. The van der Waals surface area contributed by atoms with Crippen LogP contribution in [0.25, 0.3) is 0 Å². The third-order valence-electron chi connectivity index (χ3n) is 4.17. The molecule has 1 aliphatic rings. The van der Waals surface area contributed by atoms with Gasteiger partial charge in [0.25, 0.3) is 0 Å². The predicted octanol–water partition coefficient (Wildman–Crippen LogP) is 4.26. The van der Waals surface area contributed by atoms with E-state index in [0.29, 0.717) is 0 Å². The summed E-state index contributed by atoms with van der Waals surface area (Å²) in [6.07, 6.45) is 5.46. The average molecular weight is 282 g/mol. The molecule has 19 heavy (non-hydrogen) atoms. The van der Waals surface area contributed by atoms with E-state index < -0.39 is 0 Å². The summed E-state index contributed by atoms with van der Waals surface area (Å²) >= 11 is 6.23. The lowest BCUT2D eigenvalue weighted by Crippen LogP contribution is -2.26. The number of hydrogen-bond donors (Lipinski definition) is 1. The van der Waals surface area contributed by atoms with Crippen LogP contribution in [0.15, 0.2) is 18.2 Å². The van der Waals surface area contributed by atoms with E-state index >= 15 is 0 Å². The minimum Gasteiger partial charge on any atom is -0.496 e. The first kappa shape index (κ1) is 14.7. The summed E-state index contributed by atoms with van der Waals surface area (Å²) in [5, 5.41) is 4.32. The molecule has 1 fully saturated rings. The molecule has 2 nitrogen and oxygen atoms in total. The molecule has 0 aromatic heterocycles. The molecule has 0 saturated heterocycles. The van der Waals surface area contributed by atoms with Gasteiger partial charge in [-0.05, 0) is 43.4 Å². The van der Waals surface area contributed by atoms with Gasteiger partial charge in [-0.2, -0.15) is 0 Å². The Hall–Kier alpha value is -0.730. The van der Waals surface area contributed by atoms with Gasteiger partial charge < -0.3 is 10.1 Å². The van der Waals surface area contributed by atoms with E-state index in [9.17, 15) is 0 Å². The molecule has 1 N–H and O–H groups in total. The van der Waals surface area contributed by atoms with E-state index in [0.717, 1.165) is 41.3 Å². The first-order chi connectivity index (χ1) is 9.20. The van der Waals surface area contributed by atoms with Crippen LogP contribution in [0, 0.1) is 11.8 Å². The molecule has 0 atom stereocenters. The molecule has 0 spiro atoms. The summed E-state index contributed by atoms with van der Waals surface area (Å²) in [7, 11) is 1.69. The predicted molar refractivity (Wildman–Crippen MR) is 80.8 cm³/mol. The van der Waals surface area contributed by atoms with Gasteiger partial charge in [0.2, 0.25) is 0 Å².